The van der Waals surface area contributed by atoms with Crippen LogP contribution in [0.4, 0.5) is 0 Å². The maximum absolute atomic E-state index is 13.3. The van der Waals surface area contributed by atoms with Crippen LogP contribution in [0.15, 0.2) is 42.6 Å². The maximum Gasteiger partial charge on any atom is 0.226 e. The zero-order chi connectivity index (χ0) is 21.1. The fourth-order valence-electron chi connectivity index (χ4n) is 3.74. The first-order chi connectivity index (χ1) is 14.1. The smallest absolute Gasteiger partial charge is 0.226 e. The molecule has 1 heterocycles. The van der Waals surface area contributed by atoms with Crippen molar-refractivity contribution in [2.45, 2.75) is 72.4 Å². The predicted molar refractivity (Wildman–Crippen MR) is 120 cm³/mol. The van der Waals surface area contributed by atoms with Gasteiger partial charge in [0.1, 0.15) is 5.75 Å². The molecule has 1 atom stereocenters. The van der Waals surface area contributed by atoms with Gasteiger partial charge in [-0.2, -0.15) is 0 Å². The summed E-state index contributed by atoms with van der Waals surface area (Å²) < 4.78 is 7.60. The second kappa shape index (κ2) is 12.4. The molecular weight excluding hydrogens is 360 g/mol. The van der Waals surface area contributed by atoms with Gasteiger partial charge < -0.3 is 14.2 Å². The molecule has 160 valence electrons. The Kier molecular flexibility index (Phi) is 9.82. The minimum atomic E-state index is 0.147. The molecule has 0 aliphatic heterocycles. The average molecular weight is 399 g/mol. The number of nitrogens with zero attached hydrogens (tertiary/aromatic N) is 2. The molecule has 4 heteroatoms. The van der Waals surface area contributed by atoms with E-state index in [1.54, 1.807) is 7.11 Å². The SMILES string of the molecule is CCCCC(CC)C(=O)N(CCCC)Cc1cccn1Cc1cccc(OC)c1. The molecule has 1 unspecified atom stereocenters. The number of aromatic nitrogens is 1. The summed E-state index contributed by atoms with van der Waals surface area (Å²) in [4.78, 5) is 15.4. The van der Waals surface area contributed by atoms with Crippen LogP contribution in [0.3, 0.4) is 0 Å². The number of ether oxygens (including phenoxy) is 1. The highest BCUT2D eigenvalue weighted by atomic mass is 16.5. The summed E-state index contributed by atoms with van der Waals surface area (Å²) in [5, 5.41) is 0. The predicted octanol–water partition coefficient (Wildman–Crippen LogP) is 5.89. The van der Waals surface area contributed by atoms with Gasteiger partial charge in [-0.25, -0.2) is 0 Å². The standard InChI is InChI=1S/C25H38N2O2/c1-5-8-13-22(7-3)25(28)27(16-9-6-2)20-23-14-11-17-26(23)19-21-12-10-15-24(18-21)29-4/h10-12,14-15,17-18,22H,5-9,13,16,19-20H2,1-4H3. The average Bonchev–Trinajstić information content (AvgIpc) is 3.18. The second-order valence-corrected chi connectivity index (χ2v) is 7.84. The van der Waals surface area contributed by atoms with E-state index in [4.69, 9.17) is 4.74 Å². The third kappa shape index (κ3) is 6.95. The minimum absolute atomic E-state index is 0.147. The van der Waals surface area contributed by atoms with E-state index in [1.165, 1.54) is 11.3 Å². The molecule has 0 radical (unpaired) electrons. The van der Waals surface area contributed by atoms with Crippen molar-refractivity contribution in [2.75, 3.05) is 13.7 Å². The molecule has 1 aromatic carbocycles. The monoisotopic (exact) mass is 398 g/mol. The molecule has 0 saturated carbocycles. The van der Waals surface area contributed by atoms with Crippen molar-refractivity contribution in [2.24, 2.45) is 5.92 Å². The van der Waals surface area contributed by atoms with E-state index in [9.17, 15) is 4.79 Å². The Balaban J connectivity index is 2.14. The van der Waals surface area contributed by atoms with Crippen LogP contribution < -0.4 is 4.74 Å². The number of hydrogen-bond donors (Lipinski definition) is 0. The first kappa shape index (κ1) is 23.1. The number of carbonyl (C=O) groups is 1. The third-order valence-electron chi connectivity index (χ3n) is 5.60. The molecule has 4 nitrogen and oxygen atoms in total. The largest absolute Gasteiger partial charge is 0.497 e. The lowest BCUT2D eigenvalue weighted by atomic mass is 9.97. The zero-order valence-corrected chi connectivity index (χ0v) is 18.7. The molecule has 29 heavy (non-hydrogen) atoms. The Morgan fingerprint density at radius 1 is 1.10 bits per heavy atom. The minimum Gasteiger partial charge on any atom is -0.497 e. The molecule has 1 amide bonds. The first-order valence-corrected chi connectivity index (χ1v) is 11.2. The molecule has 0 fully saturated rings. The number of unbranched alkanes of at least 4 members (excludes halogenated alkanes) is 2. The first-order valence-electron chi connectivity index (χ1n) is 11.2. The number of hydrogen-bond acceptors (Lipinski definition) is 2. The summed E-state index contributed by atoms with van der Waals surface area (Å²) in [6, 6.07) is 12.4. The number of benzene rings is 1. The van der Waals surface area contributed by atoms with E-state index < -0.39 is 0 Å². The lowest BCUT2D eigenvalue weighted by Crippen LogP contribution is -2.37. The molecule has 0 N–H and O–H groups in total. The lowest BCUT2D eigenvalue weighted by molar-refractivity contribution is -0.136. The normalized spacial score (nSPS) is 12.0. The van der Waals surface area contributed by atoms with E-state index in [0.717, 1.165) is 57.4 Å². The fourth-order valence-corrected chi connectivity index (χ4v) is 3.74. The highest BCUT2D eigenvalue weighted by Gasteiger charge is 2.23. The van der Waals surface area contributed by atoms with Gasteiger partial charge in [-0.15, -0.1) is 0 Å². The van der Waals surface area contributed by atoms with Crippen LogP contribution in [0.25, 0.3) is 0 Å². The van der Waals surface area contributed by atoms with Crippen LogP contribution in [-0.2, 0) is 17.9 Å². The Hall–Kier alpha value is -2.23. The molecule has 2 aromatic rings. The highest BCUT2D eigenvalue weighted by molar-refractivity contribution is 5.78. The lowest BCUT2D eigenvalue weighted by Gasteiger charge is -2.27. The van der Waals surface area contributed by atoms with Gasteiger partial charge in [0.05, 0.1) is 13.7 Å². The zero-order valence-electron chi connectivity index (χ0n) is 18.7. The molecule has 0 saturated heterocycles. The Bertz CT molecular complexity index is 738. The summed E-state index contributed by atoms with van der Waals surface area (Å²) in [5.74, 6) is 1.34. The molecule has 0 aliphatic carbocycles. The van der Waals surface area contributed by atoms with Gasteiger partial charge in [0, 0.05) is 30.9 Å². The molecule has 0 spiro atoms. The van der Waals surface area contributed by atoms with Gasteiger partial charge in [-0.05, 0) is 49.1 Å². The van der Waals surface area contributed by atoms with Crippen molar-refractivity contribution < 1.29 is 9.53 Å². The van der Waals surface area contributed by atoms with Gasteiger partial charge in [0.15, 0.2) is 0 Å². The van der Waals surface area contributed by atoms with Crippen molar-refractivity contribution in [3.63, 3.8) is 0 Å². The topological polar surface area (TPSA) is 34.5 Å². The number of amides is 1. The summed E-state index contributed by atoms with van der Waals surface area (Å²) in [6.45, 7) is 8.81. The van der Waals surface area contributed by atoms with Crippen molar-refractivity contribution in [3.05, 3.63) is 53.9 Å². The molecule has 0 aliphatic rings. The molecule has 1 aromatic heterocycles. The van der Waals surface area contributed by atoms with Crippen molar-refractivity contribution in [1.29, 1.82) is 0 Å². The van der Waals surface area contributed by atoms with Crippen LogP contribution in [-0.4, -0.2) is 29.0 Å². The van der Waals surface area contributed by atoms with Crippen LogP contribution >= 0.6 is 0 Å². The van der Waals surface area contributed by atoms with Crippen molar-refractivity contribution in [1.82, 2.24) is 9.47 Å². The van der Waals surface area contributed by atoms with E-state index in [-0.39, 0.29) is 5.92 Å². The Labute approximate surface area is 176 Å². The van der Waals surface area contributed by atoms with E-state index in [2.05, 4.69) is 60.7 Å². The molecular formula is C25H38N2O2. The van der Waals surface area contributed by atoms with Crippen LogP contribution in [0, 0.1) is 5.92 Å². The van der Waals surface area contributed by atoms with E-state index >= 15 is 0 Å². The van der Waals surface area contributed by atoms with Crippen LogP contribution in [0.2, 0.25) is 0 Å². The third-order valence-corrected chi connectivity index (χ3v) is 5.60. The van der Waals surface area contributed by atoms with E-state index in [1.807, 2.05) is 12.1 Å². The van der Waals surface area contributed by atoms with Gasteiger partial charge in [0.25, 0.3) is 0 Å². The number of rotatable bonds is 13. The van der Waals surface area contributed by atoms with Gasteiger partial charge in [-0.3, -0.25) is 4.79 Å². The summed E-state index contributed by atoms with van der Waals surface area (Å²) in [5.41, 5.74) is 2.38. The van der Waals surface area contributed by atoms with Crippen molar-refractivity contribution >= 4 is 5.91 Å². The molecule has 0 bridgehead atoms. The summed E-state index contributed by atoms with van der Waals surface area (Å²) in [6.07, 6.45) is 8.43. The Morgan fingerprint density at radius 3 is 2.59 bits per heavy atom. The van der Waals surface area contributed by atoms with Gasteiger partial charge >= 0.3 is 0 Å². The van der Waals surface area contributed by atoms with E-state index in [0.29, 0.717) is 12.5 Å². The number of carbonyl (C=O) groups excluding carboxylic acids is 1. The maximum atomic E-state index is 13.3. The second-order valence-electron chi connectivity index (χ2n) is 7.84. The van der Waals surface area contributed by atoms with Crippen LogP contribution in [0.5, 0.6) is 5.75 Å². The fraction of sp³-hybridized carbons (Fsp3) is 0.560. The van der Waals surface area contributed by atoms with Gasteiger partial charge in [-0.1, -0.05) is 52.2 Å². The quantitative estimate of drug-likeness (QED) is 0.421. The summed E-state index contributed by atoms with van der Waals surface area (Å²) in [7, 11) is 1.69. The Morgan fingerprint density at radius 2 is 1.90 bits per heavy atom. The van der Waals surface area contributed by atoms with Crippen molar-refractivity contribution in [3.8, 4) is 5.75 Å². The molecule has 2 rings (SSSR count). The van der Waals surface area contributed by atoms with Crippen LogP contribution in [0.1, 0.15) is 70.6 Å². The van der Waals surface area contributed by atoms with Gasteiger partial charge in [0.2, 0.25) is 5.91 Å². The summed E-state index contributed by atoms with van der Waals surface area (Å²) >= 11 is 0. The highest BCUT2D eigenvalue weighted by Crippen LogP contribution is 2.20. The number of methoxy groups -OCH3 is 1.